The van der Waals surface area contributed by atoms with E-state index in [1.807, 2.05) is 35.2 Å². The standard InChI is InChI=1S/C16H21N5OS/c1-2-13-8-6-7-11-20(13)15(22)12-23-16-17-18-19-21(16)14-9-4-3-5-10-14/h3-5,9-10,13H,2,6-8,11-12H2,1H3. The Hall–Kier alpha value is -1.89. The number of aromatic nitrogens is 4. The van der Waals surface area contributed by atoms with Gasteiger partial charge in [0.25, 0.3) is 0 Å². The van der Waals surface area contributed by atoms with Crippen LogP contribution in [-0.4, -0.2) is 49.4 Å². The van der Waals surface area contributed by atoms with Gasteiger partial charge in [0.15, 0.2) is 0 Å². The van der Waals surface area contributed by atoms with E-state index in [0.29, 0.717) is 17.0 Å². The van der Waals surface area contributed by atoms with Gasteiger partial charge in [0.05, 0.1) is 11.4 Å². The van der Waals surface area contributed by atoms with Crippen LogP contribution in [-0.2, 0) is 4.79 Å². The highest BCUT2D eigenvalue weighted by molar-refractivity contribution is 7.99. The maximum Gasteiger partial charge on any atom is 0.233 e. The molecule has 0 bridgehead atoms. The maximum absolute atomic E-state index is 12.5. The summed E-state index contributed by atoms with van der Waals surface area (Å²) in [4.78, 5) is 14.6. The third kappa shape index (κ3) is 3.72. The number of thioether (sulfide) groups is 1. The molecule has 1 aliphatic rings. The first-order valence-electron chi connectivity index (χ1n) is 8.05. The summed E-state index contributed by atoms with van der Waals surface area (Å²) in [7, 11) is 0. The first-order chi connectivity index (χ1) is 11.3. The number of amides is 1. The van der Waals surface area contributed by atoms with Crippen molar-refractivity contribution >= 4 is 17.7 Å². The van der Waals surface area contributed by atoms with Crippen molar-refractivity contribution in [2.75, 3.05) is 12.3 Å². The van der Waals surface area contributed by atoms with E-state index in [-0.39, 0.29) is 5.91 Å². The molecule has 0 saturated carbocycles. The fourth-order valence-electron chi connectivity index (χ4n) is 2.96. The Balaban J connectivity index is 1.65. The van der Waals surface area contributed by atoms with E-state index in [2.05, 4.69) is 22.4 Å². The zero-order valence-electron chi connectivity index (χ0n) is 13.3. The van der Waals surface area contributed by atoms with Crippen LogP contribution >= 0.6 is 11.8 Å². The zero-order valence-corrected chi connectivity index (χ0v) is 14.1. The van der Waals surface area contributed by atoms with E-state index >= 15 is 0 Å². The van der Waals surface area contributed by atoms with Crippen LogP contribution in [0.2, 0.25) is 0 Å². The number of nitrogens with zero attached hydrogens (tertiary/aromatic N) is 5. The molecule has 2 heterocycles. The fraction of sp³-hybridized carbons (Fsp3) is 0.500. The molecular formula is C16H21N5OS. The molecule has 1 saturated heterocycles. The molecule has 1 aromatic carbocycles. The second-order valence-electron chi connectivity index (χ2n) is 5.64. The van der Waals surface area contributed by atoms with E-state index in [0.717, 1.165) is 31.5 Å². The molecular weight excluding hydrogens is 310 g/mol. The molecule has 0 aliphatic carbocycles. The predicted octanol–water partition coefficient (Wildman–Crippen LogP) is 2.55. The Bertz CT molecular complexity index is 645. The van der Waals surface area contributed by atoms with Gasteiger partial charge in [0, 0.05) is 12.6 Å². The topological polar surface area (TPSA) is 63.9 Å². The number of carbonyl (C=O) groups excluding carboxylic acids is 1. The van der Waals surface area contributed by atoms with Gasteiger partial charge in [0.1, 0.15) is 0 Å². The number of benzene rings is 1. The Labute approximate surface area is 140 Å². The minimum atomic E-state index is 0.184. The summed E-state index contributed by atoms with van der Waals surface area (Å²) in [5, 5.41) is 12.4. The lowest BCUT2D eigenvalue weighted by molar-refractivity contribution is -0.132. The molecule has 1 aliphatic heterocycles. The zero-order chi connectivity index (χ0) is 16.1. The van der Waals surface area contributed by atoms with Crippen LogP contribution in [0.15, 0.2) is 35.5 Å². The van der Waals surface area contributed by atoms with Crippen molar-refractivity contribution in [3.63, 3.8) is 0 Å². The van der Waals surface area contributed by atoms with Gasteiger partial charge in [-0.2, -0.15) is 4.68 Å². The lowest BCUT2D eigenvalue weighted by Gasteiger charge is -2.35. The van der Waals surface area contributed by atoms with Crippen molar-refractivity contribution in [2.24, 2.45) is 0 Å². The summed E-state index contributed by atoms with van der Waals surface area (Å²) in [6.45, 7) is 3.03. The molecule has 7 heteroatoms. The summed E-state index contributed by atoms with van der Waals surface area (Å²) in [5.41, 5.74) is 0.900. The Morgan fingerprint density at radius 1 is 1.30 bits per heavy atom. The van der Waals surface area contributed by atoms with Crippen molar-refractivity contribution in [3.05, 3.63) is 30.3 Å². The quantitative estimate of drug-likeness (QED) is 0.788. The molecule has 3 rings (SSSR count). The van der Waals surface area contributed by atoms with Gasteiger partial charge in [-0.25, -0.2) is 0 Å². The van der Waals surface area contributed by atoms with E-state index in [1.165, 1.54) is 18.2 Å². The molecule has 23 heavy (non-hydrogen) atoms. The van der Waals surface area contributed by atoms with Crippen LogP contribution < -0.4 is 0 Å². The molecule has 1 atom stereocenters. The van der Waals surface area contributed by atoms with Gasteiger partial charge in [0.2, 0.25) is 11.1 Å². The number of tetrazole rings is 1. The number of piperidine rings is 1. The largest absolute Gasteiger partial charge is 0.339 e. The molecule has 2 aromatic rings. The average Bonchev–Trinajstić information content (AvgIpc) is 3.09. The highest BCUT2D eigenvalue weighted by Crippen LogP contribution is 2.23. The maximum atomic E-state index is 12.5. The van der Waals surface area contributed by atoms with Crippen LogP contribution in [0.1, 0.15) is 32.6 Å². The van der Waals surface area contributed by atoms with Crippen molar-refractivity contribution in [2.45, 2.75) is 43.8 Å². The van der Waals surface area contributed by atoms with Gasteiger partial charge < -0.3 is 4.90 Å². The predicted molar refractivity (Wildman–Crippen MR) is 89.5 cm³/mol. The van der Waals surface area contributed by atoms with E-state index in [4.69, 9.17) is 0 Å². The molecule has 1 amide bonds. The summed E-state index contributed by atoms with van der Waals surface area (Å²) < 4.78 is 1.67. The molecule has 1 fully saturated rings. The van der Waals surface area contributed by atoms with E-state index in [9.17, 15) is 4.79 Å². The number of rotatable bonds is 5. The number of likely N-dealkylation sites (tertiary alicyclic amines) is 1. The summed E-state index contributed by atoms with van der Waals surface area (Å²) in [6.07, 6.45) is 4.48. The number of para-hydroxylation sites is 1. The van der Waals surface area contributed by atoms with Gasteiger partial charge in [-0.05, 0) is 48.2 Å². The van der Waals surface area contributed by atoms with E-state index < -0.39 is 0 Å². The smallest absolute Gasteiger partial charge is 0.233 e. The molecule has 1 unspecified atom stereocenters. The second kappa shape index (κ2) is 7.59. The number of hydrogen-bond acceptors (Lipinski definition) is 5. The van der Waals surface area contributed by atoms with E-state index in [1.54, 1.807) is 4.68 Å². The number of hydrogen-bond donors (Lipinski definition) is 0. The van der Waals surface area contributed by atoms with Crippen LogP contribution in [0.4, 0.5) is 0 Å². The average molecular weight is 331 g/mol. The molecule has 0 spiro atoms. The van der Waals surface area contributed by atoms with Crippen molar-refractivity contribution in [1.82, 2.24) is 25.1 Å². The van der Waals surface area contributed by atoms with Gasteiger partial charge >= 0.3 is 0 Å². The van der Waals surface area contributed by atoms with Crippen LogP contribution in [0.5, 0.6) is 0 Å². The summed E-state index contributed by atoms with van der Waals surface area (Å²) in [6, 6.07) is 10.1. The molecule has 1 aromatic heterocycles. The summed E-state index contributed by atoms with van der Waals surface area (Å²) in [5.74, 6) is 0.563. The van der Waals surface area contributed by atoms with Crippen molar-refractivity contribution in [3.8, 4) is 5.69 Å². The minimum Gasteiger partial charge on any atom is -0.339 e. The van der Waals surface area contributed by atoms with Gasteiger partial charge in [-0.15, -0.1) is 5.10 Å². The third-order valence-corrected chi connectivity index (χ3v) is 5.09. The van der Waals surface area contributed by atoms with Crippen LogP contribution in [0.25, 0.3) is 5.69 Å². The SMILES string of the molecule is CCC1CCCCN1C(=O)CSc1nnnn1-c1ccccc1. The third-order valence-electron chi connectivity index (χ3n) is 4.19. The lowest BCUT2D eigenvalue weighted by Crippen LogP contribution is -2.44. The Morgan fingerprint density at radius 3 is 2.91 bits per heavy atom. The monoisotopic (exact) mass is 331 g/mol. The molecule has 122 valence electrons. The van der Waals surface area contributed by atoms with Crippen molar-refractivity contribution in [1.29, 1.82) is 0 Å². The lowest BCUT2D eigenvalue weighted by atomic mass is 10.0. The van der Waals surface area contributed by atoms with Crippen LogP contribution in [0.3, 0.4) is 0 Å². The Kier molecular flexibility index (Phi) is 5.27. The highest BCUT2D eigenvalue weighted by Gasteiger charge is 2.25. The van der Waals surface area contributed by atoms with Gasteiger partial charge in [-0.3, -0.25) is 4.79 Å². The molecule has 0 radical (unpaired) electrons. The fourth-order valence-corrected chi connectivity index (χ4v) is 3.74. The molecule has 0 N–H and O–H groups in total. The first kappa shape index (κ1) is 16.0. The minimum absolute atomic E-state index is 0.184. The first-order valence-corrected chi connectivity index (χ1v) is 9.04. The second-order valence-corrected chi connectivity index (χ2v) is 6.58. The van der Waals surface area contributed by atoms with Gasteiger partial charge in [-0.1, -0.05) is 36.9 Å². The molecule has 6 nitrogen and oxygen atoms in total. The number of carbonyl (C=O) groups is 1. The Morgan fingerprint density at radius 2 is 2.13 bits per heavy atom. The van der Waals surface area contributed by atoms with Crippen LogP contribution in [0, 0.1) is 0 Å². The summed E-state index contributed by atoms with van der Waals surface area (Å²) >= 11 is 1.40. The normalized spacial score (nSPS) is 18.1. The van der Waals surface area contributed by atoms with Crippen molar-refractivity contribution < 1.29 is 4.79 Å². The highest BCUT2D eigenvalue weighted by atomic mass is 32.2.